The third-order valence-corrected chi connectivity index (χ3v) is 3.43. The Kier molecular flexibility index (Phi) is 3.86. The van der Waals surface area contributed by atoms with Crippen molar-refractivity contribution in [1.29, 1.82) is 0 Å². The van der Waals surface area contributed by atoms with Crippen molar-refractivity contribution in [1.82, 2.24) is 19.5 Å². The van der Waals surface area contributed by atoms with E-state index >= 15 is 0 Å². The lowest BCUT2D eigenvalue weighted by molar-refractivity contribution is 0.0813. The summed E-state index contributed by atoms with van der Waals surface area (Å²) in [5, 5.41) is 8.34. The van der Waals surface area contributed by atoms with Gasteiger partial charge in [-0.1, -0.05) is 11.8 Å². The van der Waals surface area contributed by atoms with Crippen LogP contribution in [-0.2, 0) is 13.6 Å². The summed E-state index contributed by atoms with van der Waals surface area (Å²) in [6.45, 7) is 1.88. The Morgan fingerprint density at radius 1 is 1.53 bits per heavy atom. The van der Waals surface area contributed by atoms with Gasteiger partial charge in [0.2, 0.25) is 0 Å². The number of hydrogen-bond acceptors (Lipinski definition) is 7. The van der Waals surface area contributed by atoms with E-state index in [-0.39, 0.29) is 12.3 Å². The number of aromatic nitrogens is 4. The number of carbonyl (C=O) groups excluding carboxylic acids is 1. The topological polar surface area (TPSA) is 109 Å². The van der Waals surface area contributed by atoms with Crippen LogP contribution in [0.5, 0.6) is 0 Å². The van der Waals surface area contributed by atoms with Crippen LogP contribution >= 0.6 is 11.8 Å². The predicted molar refractivity (Wildman–Crippen MR) is 67.9 cm³/mol. The second-order valence-corrected chi connectivity index (χ2v) is 4.77. The molecule has 2 heterocycles. The van der Waals surface area contributed by atoms with Crippen molar-refractivity contribution >= 4 is 17.7 Å². The molecular weight excluding hydrogens is 270 g/mol. The third kappa shape index (κ3) is 2.76. The van der Waals surface area contributed by atoms with E-state index in [0.717, 1.165) is 4.74 Å². The molecule has 0 aromatic carbocycles. The molecule has 0 atom stereocenters. The predicted octanol–water partition coefficient (Wildman–Crippen LogP) is -0.231. The molecule has 0 bridgehead atoms. The van der Waals surface area contributed by atoms with E-state index < -0.39 is 11.5 Å². The summed E-state index contributed by atoms with van der Waals surface area (Å²) in [7, 11) is 1.76. The standard InChI is InChI=1S/C10H13N5O3S/c1-6-3-8(16)15(18-6)9(17)5-19-10-13-12-7(4-11)14(10)2/h3H,4-5,11H2,1-2H3. The summed E-state index contributed by atoms with van der Waals surface area (Å²) in [5.74, 6) is 0.609. The van der Waals surface area contributed by atoms with Crippen LogP contribution in [0.1, 0.15) is 16.4 Å². The summed E-state index contributed by atoms with van der Waals surface area (Å²) < 4.78 is 7.44. The third-order valence-electron chi connectivity index (χ3n) is 2.42. The van der Waals surface area contributed by atoms with Crippen molar-refractivity contribution in [2.75, 3.05) is 5.75 Å². The molecule has 0 aliphatic carbocycles. The van der Waals surface area contributed by atoms with Crippen LogP contribution < -0.4 is 11.3 Å². The fourth-order valence-corrected chi connectivity index (χ4v) is 2.22. The lowest BCUT2D eigenvalue weighted by atomic mass is 10.5. The summed E-state index contributed by atoms with van der Waals surface area (Å²) in [6.07, 6.45) is 0. The van der Waals surface area contributed by atoms with Crippen LogP contribution in [-0.4, -0.2) is 31.2 Å². The number of rotatable bonds is 4. The quantitative estimate of drug-likeness (QED) is 0.772. The van der Waals surface area contributed by atoms with Crippen LogP contribution in [0.2, 0.25) is 0 Å². The summed E-state index contributed by atoms with van der Waals surface area (Å²) in [4.78, 5) is 23.2. The monoisotopic (exact) mass is 283 g/mol. The van der Waals surface area contributed by atoms with E-state index in [4.69, 9.17) is 10.3 Å². The number of hydrogen-bond donors (Lipinski definition) is 1. The van der Waals surface area contributed by atoms with Crippen LogP contribution in [0.4, 0.5) is 0 Å². The van der Waals surface area contributed by atoms with E-state index in [1.165, 1.54) is 17.8 Å². The van der Waals surface area contributed by atoms with Gasteiger partial charge in [0.15, 0.2) is 5.16 Å². The molecule has 0 radical (unpaired) electrons. The fraction of sp³-hybridized carbons (Fsp3) is 0.400. The molecule has 0 fully saturated rings. The van der Waals surface area contributed by atoms with Gasteiger partial charge in [-0.15, -0.1) is 14.9 Å². The van der Waals surface area contributed by atoms with Crippen molar-refractivity contribution in [3.05, 3.63) is 28.0 Å². The van der Waals surface area contributed by atoms with Crippen molar-refractivity contribution < 1.29 is 9.32 Å². The Bertz CT molecular complexity index is 656. The first-order valence-electron chi connectivity index (χ1n) is 5.47. The zero-order valence-corrected chi connectivity index (χ0v) is 11.3. The van der Waals surface area contributed by atoms with Crippen molar-refractivity contribution in [3.63, 3.8) is 0 Å². The number of thioether (sulfide) groups is 1. The van der Waals surface area contributed by atoms with Crippen LogP contribution in [0.15, 0.2) is 20.5 Å². The SMILES string of the molecule is Cc1cc(=O)n(C(=O)CSc2nnc(CN)n2C)o1. The van der Waals surface area contributed by atoms with Crippen LogP contribution in [0.25, 0.3) is 0 Å². The van der Waals surface area contributed by atoms with Gasteiger partial charge in [-0.2, -0.15) is 0 Å². The number of nitrogens with zero attached hydrogens (tertiary/aromatic N) is 4. The smallest absolute Gasteiger partial charge is 0.290 e. The molecule has 8 nitrogen and oxygen atoms in total. The van der Waals surface area contributed by atoms with Crippen molar-refractivity contribution in [2.45, 2.75) is 18.6 Å². The van der Waals surface area contributed by atoms with Gasteiger partial charge in [0, 0.05) is 13.1 Å². The average Bonchev–Trinajstić information content (AvgIpc) is 2.89. The maximum Gasteiger partial charge on any atom is 0.290 e. The molecule has 9 heteroatoms. The second-order valence-electron chi connectivity index (χ2n) is 3.82. The summed E-state index contributed by atoms with van der Waals surface area (Å²) in [6, 6.07) is 1.26. The van der Waals surface area contributed by atoms with Crippen LogP contribution in [0, 0.1) is 6.92 Å². The first kappa shape index (κ1) is 13.6. The van der Waals surface area contributed by atoms with Gasteiger partial charge < -0.3 is 14.8 Å². The number of aryl methyl sites for hydroxylation is 1. The largest absolute Gasteiger partial charge is 0.373 e. The molecule has 2 N–H and O–H groups in total. The number of nitrogens with two attached hydrogens (primary N) is 1. The molecule has 19 heavy (non-hydrogen) atoms. The van der Waals surface area contributed by atoms with E-state index in [2.05, 4.69) is 10.2 Å². The van der Waals surface area contributed by atoms with E-state index in [1.807, 2.05) is 0 Å². The van der Waals surface area contributed by atoms with Crippen molar-refractivity contribution in [3.8, 4) is 0 Å². The molecular formula is C10H13N5O3S. The van der Waals surface area contributed by atoms with Gasteiger partial charge in [-0.25, -0.2) is 0 Å². The maximum atomic E-state index is 11.8. The van der Waals surface area contributed by atoms with Gasteiger partial charge in [0.25, 0.3) is 11.5 Å². The molecule has 0 saturated carbocycles. The minimum atomic E-state index is -0.469. The average molecular weight is 283 g/mol. The Balaban J connectivity index is 2.06. The number of carbonyl (C=O) groups is 1. The second kappa shape index (κ2) is 5.41. The molecule has 0 aliphatic rings. The molecule has 2 rings (SSSR count). The molecule has 2 aromatic rings. The zero-order valence-electron chi connectivity index (χ0n) is 10.5. The lowest BCUT2D eigenvalue weighted by Crippen LogP contribution is -2.23. The van der Waals surface area contributed by atoms with Crippen LogP contribution in [0.3, 0.4) is 0 Å². The Hall–Kier alpha value is -1.87. The Morgan fingerprint density at radius 3 is 2.79 bits per heavy atom. The lowest BCUT2D eigenvalue weighted by Gasteiger charge is -2.01. The minimum Gasteiger partial charge on any atom is -0.373 e. The zero-order chi connectivity index (χ0) is 14.0. The highest BCUT2D eigenvalue weighted by atomic mass is 32.2. The fourth-order valence-electron chi connectivity index (χ4n) is 1.46. The first-order valence-corrected chi connectivity index (χ1v) is 6.45. The maximum absolute atomic E-state index is 11.8. The minimum absolute atomic E-state index is 0.0312. The van der Waals surface area contributed by atoms with Gasteiger partial charge >= 0.3 is 0 Å². The van der Waals surface area contributed by atoms with Gasteiger partial charge in [0.05, 0.1) is 12.3 Å². The van der Waals surface area contributed by atoms with E-state index in [1.54, 1.807) is 18.5 Å². The van der Waals surface area contributed by atoms with E-state index in [9.17, 15) is 9.59 Å². The Morgan fingerprint density at radius 2 is 2.26 bits per heavy atom. The molecule has 0 saturated heterocycles. The molecule has 0 spiro atoms. The summed E-state index contributed by atoms with van der Waals surface area (Å²) in [5.41, 5.74) is 5.00. The van der Waals surface area contributed by atoms with Gasteiger partial charge in [0.1, 0.15) is 11.6 Å². The molecule has 0 amide bonds. The normalized spacial score (nSPS) is 10.9. The first-order chi connectivity index (χ1) is 9.02. The highest BCUT2D eigenvalue weighted by molar-refractivity contribution is 7.99. The van der Waals surface area contributed by atoms with E-state index in [0.29, 0.717) is 16.7 Å². The van der Waals surface area contributed by atoms with Gasteiger partial charge in [-0.05, 0) is 6.92 Å². The molecule has 0 aliphatic heterocycles. The van der Waals surface area contributed by atoms with Crippen molar-refractivity contribution in [2.24, 2.45) is 12.8 Å². The highest BCUT2D eigenvalue weighted by Crippen LogP contribution is 2.15. The summed E-state index contributed by atoms with van der Waals surface area (Å²) >= 11 is 1.17. The molecule has 0 unspecified atom stereocenters. The van der Waals surface area contributed by atoms with Gasteiger partial charge in [-0.3, -0.25) is 9.59 Å². The Labute approximate surface area is 112 Å². The molecule has 2 aromatic heterocycles. The molecule has 102 valence electrons. The highest BCUT2D eigenvalue weighted by Gasteiger charge is 2.15.